The van der Waals surface area contributed by atoms with Crippen molar-refractivity contribution in [1.29, 1.82) is 0 Å². The normalized spacial score (nSPS) is 12.3. The van der Waals surface area contributed by atoms with Crippen LogP contribution in [0.4, 0.5) is 0 Å². The zero-order chi connectivity index (χ0) is 15.1. The Hall–Kier alpha value is -2.87. The van der Waals surface area contributed by atoms with Crippen LogP contribution in [0.1, 0.15) is 5.56 Å². The van der Waals surface area contributed by atoms with Gasteiger partial charge in [-0.3, -0.25) is 4.79 Å². The summed E-state index contributed by atoms with van der Waals surface area (Å²) in [6.07, 6.45) is 1.95. The van der Waals surface area contributed by atoms with E-state index in [0.29, 0.717) is 0 Å². The Morgan fingerprint density at radius 1 is 0.864 bits per heavy atom. The summed E-state index contributed by atoms with van der Waals surface area (Å²) in [5.74, 6) is 0.810. The Kier molecular flexibility index (Phi) is 2.83. The molecule has 4 aromatic carbocycles. The van der Waals surface area contributed by atoms with Crippen molar-refractivity contribution in [3.8, 4) is 5.75 Å². The van der Waals surface area contributed by atoms with E-state index < -0.39 is 0 Å². The van der Waals surface area contributed by atoms with Gasteiger partial charge >= 0.3 is 0 Å². The molecule has 0 aliphatic rings. The van der Waals surface area contributed by atoms with Crippen molar-refractivity contribution < 1.29 is 4.74 Å². The van der Waals surface area contributed by atoms with Gasteiger partial charge in [0.15, 0.2) is 5.43 Å². The Morgan fingerprint density at radius 3 is 2.23 bits per heavy atom. The van der Waals surface area contributed by atoms with Crippen molar-refractivity contribution in [2.45, 2.75) is 0 Å². The molecule has 22 heavy (non-hydrogen) atoms. The zero-order valence-corrected chi connectivity index (χ0v) is 12.2. The van der Waals surface area contributed by atoms with Gasteiger partial charge in [-0.05, 0) is 34.5 Å². The first kappa shape index (κ1) is 12.8. The molecule has 0 N–H and O–H groups in total. The summed E-state index contributed by atoms with van der Waals surface area (Å²) in [6.45, 7) is 0. The Balaban J connectivity index is 2.06. The number of benzene rings is 3. The molecule has 106 valence electrons. The highest BCUT2D eigenvalue weighted by molar-refractivity contribution is 6.12. The van der Waals surface area contributed by atoms with E-state index in [2.05, 4.69) is 0 Å². The predicted octanol–water partition coefficient (Wildman–Crippen LogP) is 3.35. The number of rotatable bonds is 2. The lowest BCUT2D eigenvalue weighted by Crippen LogP contribution is -2.19. The molecule has 0 fully saturated rings. The largest absolute Gasteiger partial charge is 0.497 e. The second-order valence-electron chi connectivity index (χ2n) is 5.37. The lowest BCUT2D eigenvalue weighted by atomic mass is 10.1. The average Bonchev–Trinajstić information content (AvgIpc) is 2.84. The third-order valence-electron chi connectivity index (χ3n) is 4.11. The van der Waals surface area contributed by atoms with Gasteiger partial charge in [-0.2, -0.15) is 0 Å². The minimum absolute atomic E-state index is 0.0996. The van der Waals surface area contributed by atoms with Crippen LogP contribution in [0.3, 0.4) is 0 Å². The quantitative estimate of drug-likeness (QED) is 0.565. The highest BCUT2D eigenvalue weighted by atomic mass is 16.5. The third-order valence-corrected chi connectivity index (χ3v) is 4.11. The van der Waals surface area contributed by atoms with Gasteiger partial charge in [0.2, 0.25) is 0 Å². The zero-order valence-electron chi connectivity index (χ0n) is 12.2. The van der Waals surface area contributed by atoms with Crippen LogP contribution in [0, 0.1) is 0 Å². The lowest BCUT2D eigenvalue weighted by Gasteiger charge is -1.99. The minimum Gasteiger partial charge on any atom is -0.497 e. The smallest absolute Gasteiger partial charge is 0.194 e. The van der Waals surface area contributed by atoms with E-state index in [1.165, 1.54) is 0 Å². The number of hydrogen-bond acceptors (Lipinski definition) is 2. The summed E-state index contributed by atoms with van der Waals surface area (Å²) in [5, 5.41) is 4.76. The SMILES string of the molecule is COc1ccc(/C=c2/c(=O)c3cccc4cccc2c43)cc1. The van der Waals surface area contributed by atoms with E-state index in [9.17, 15) is 4.79 Å². The molecule has 0 saturated heterocycles. The highest BCUT2D eigenvalue weighted by Gasteiger charge is 2.10. The summed E-state index contributed by atoms with van der Waals surface area (Å²) < 4.78 is 5.17. The number of methoxy groups -OCH3 is 1. The average molecular weight is 286 g/mol. The van der Waals surface area contributed by atoms with Crippen LogP contribution in [-0.4, -0.2) is 7.11 Å². The maximum atomic E-state index is 12.7. The van der Waals surface area contributed by atoms with Gasteiger partial charge in [-0.1, -0.05) is 48.5 Å². The number of ether oxygens (including phenoxy) is 1. The molecular formula is C20H14O2. The van der Waals surface area contributed by atoms with Crippen molar-refractivity contribution in [3.05, 3.63) is 81.7 Å². The molecular weight excluding hydrogens is 272 g/mol. The van der Waals surface area contributed by atoms with Gasteiger partial charge < -0.3 is 4.74 Å². The Morgan fingerprint density at radius 2 is 1.55 bits per heavy atom. The van der Waals surface area contributed by atoms with E-state index in [1.54, 1.807) is 7.11 Å². The summed E-state index contributed by atoms with van der Waals surface area (Å²) in [4.78, 5) is 12.7. The van der Waals surface area contributed by atoms with Crippen molar-refractivity contribution in [3.63, 3.8) is 0 Å². The van der Waals surface area contributed by atoms with Crippen molar-refractivity contribution in [2.24, 2.45) is 0 Å². The molecule has 0 bridgehead atoms. The summed E-state index contributed by atoms with van der Waals surface area (Å²) >= 11 is 0. The minimum atomic E-state index is 0.0996. The first-order chi connectivity index (χ1) is 10.8. The molecule has 0 aliphatic heterocycles. The molecule has 0 heterocycles. The van der Waals surface area contributed by atoms with E-state index in [0.717, 1.165) is 38.1 Å². The number of hydrogen-bond donors (Lipinski definition) is 0. The molecule has 0 spiro atoms. The summed E-state index contributed by atoms with van der Waals surface area (Å²) in [6, 6.07) is 19.7. The molecule has 0 atom stereocenters. The van der Waals surface area contributed by atoms with Crippen LogP contribution in [0.15, 0.2) is 65.5 Å². The lowest BCUT2D eigenvalue weighted by molar-refractivity contribution is 0.415. The van der Waals surface area contributed by atoms with Gasteiger partial charge in [0, 0.05) is 16.0 Å². The van der Waals surface area contributed by atoms with Crippen LogP contribution in [-0.2, 0) is 0 Å². The third kappa shape index (κ3) is 1.85. The predicted molar refractivity (Wildman–Crippen MR) is 90.7 cm³/mol. The van der Waals surface area contributed by atoms with Crippen LogP contribution in [0.25, 0.3) is 27.6 Å². The van der Waals surface area contributed by atoms with Crippen LogP contribution >= 0.6 is 0 Å². The molecule has 0 unspecified atom stereocenters. The summed E-state index contributed by atoms with van der Waals surface area (Å²) in [7, 11) is 1.64. The van der Waals surface area contributed by atoms with Crippen LogP contribution in [0.2, 0.25) is 0 Å². The fraction of sp³-hybridized carbons (Fsp3) is 0.0500. The molecule has 2 heteroatoms. The van der Waals surface area contributed by atoms with Crippen molar-refractivity contribution in [1.82, 2.24) is 0 Å². The van der Waals surface area contributed by atoms with Gasteiger partial charge in [-0.15, -0.1) is 0 Å². The second-order valence-corrected chi connectivity index (χ2v) is 5.37. The van der Waals surface area contributed by atoms with Crippen LogP contribution < -0.4 is 15.4 Å². The molecule has 4 aromatic rings. The molecule has 0 saturated carbocycles. The Bertz CT molecular complexity index is 1060. The molecule has 0 aliphatic carbocycles. The molecule has 0 amide bonds. The highest BCUT2D eigenvalue weighted by Crippen LogP contribution is 2.22. The topological polar surface area (TPSA) is 26.3 Å². The van der Waals surface area contributed by atoms with Crippen LogP contribution in [0.5, 0.6) is 5.75 Å². The Labute approximate surface area is 127 Å². The van der Waals surface area contributed by atoms with Gasteiger partial charge in [0.1, 0.15) is 5.75 Å². The summed E-state index contributed by atoms with van der Waals surface area (Å²) in [5.41, 5.74) is 1.09. The maximum Gasteiger partial charge on any atom is 0.194 e. The van der Waals surface area contributed by atoms with E-state index in [1.807, 2.05) is 66.7 Å². The fourth-order valence-electron chi connectivity index (χ4n) is 3.03. The first-order valence-electron chi connectivity index (χ1n) is 7.20. The maximum absolute atomic E-state index is 12.7. The van der Waals surface area contributed by atoms with E-state index >= 15 is 0 Å². The van der Waals surface area contributed by atoms with Crippen molar-refractivity contribution >= 4 is 27.6 Å². The van der Waals surface area contributed by atoms with Gasteiger partial charge in [-0.25, -0.2) is 0 Å². The van der Waals surface area contributed by atoms with Crippen molar-refractivity contribution in [2.75, 3.05) is 7.11 Å². The molecule has 0 aromatic heterocycles. The molecule has 0 radical (unpaired) electrons. The molecule has 2 nitrogen and oxygen atoms in total. The monoisotopic (exact) mass is 286 g/mol. The first-order valence-corrected chi connectivity index (χ1v) is 7.20. The van der Waals surface area contributed by atoms with E-state index in [-0.39, 0.29) is 5.43 Å². The standard InChI is InChI=1S/C20H14O2/c1-22-15-10-8-13(9-11-15)12-18-16-6-2-4-14-5-3-7-17(19(14)16)20(18)21/h2-12H,1H3/b18-12+. The molecule has 4 rings (SSSR count). The van der Waals surface area contributed by atoms with Gasteiger partial charge in [0.25, 0.3) is 0 Å². The second kappa shape index (κ2) is 4.85. The van der Waals surface area contributed by atoms with Gasteiger partial charge in [0.05, 0.1) is 7.11 Å². The fourth-order valence-corrected chi connectivity index (χ4v) is 3.03. The van der Waals surface area contributed by atoms with E-state index in [4.69, 9.17) is 4.74 Å².